The van der Waals surface area contributed by atoms with Crippen molar-refractivity contribution in [2.75, 3.05) is 0 Å². The first-order chi connectivity index (χ1) is 18.2. The van der Waals surface area contributed by atoms with Crippen LogP contribution in [0.5, 0.6) is 11.5 Å². The Kier molecular flexibility index (Phi) is 8.42. The quantitative estimate of drug-likeness (QED) is 0.150. The lowest BCUT2D eigenvalue weighted by atomic mass is 9.83. The van der Waals surface area contributed by atoms with Crippen LogP contribution in [0.4, 0.5) is 4.39 Å². The van der Waals surface area contributed by atoms with E-state index in [1.54, 1.807) is 92.7 Å². The number of hydrogen-bond acceptors (Lipinski definition) is 7. The third-order valence-corrected chi connectivity index (χ3v) is 7.13. The molecular weight excluding hydrogens is 528 g/mol. The molecule has 0 aliphatic rings. The summed E-state index contributed by atoms with van der Waals surface area (Å²) in [5.41, 5.74) is -1.14. The van der Waals surface area contributed by atoms with E-state index in [4.69, 9.17) is 30.6 Å². The Morgan fingerprint density at radius 2 is 1.37 bits per heavy atom. The average Bonchev–Trinajstić information content (AvgIpc) is 2.90. The lowest BCUT2D eigenvalue weighted by Gasteiger charge is -2.33. The average molecular weight is 554 g/mol. The van der Waals surface area contributed by atoms with Crippen molar-refractivity contribution in [3.63, 3.8) is 0 Å². The van der Waals surface area contributed by atoms with Gasteiger partial charge >= 0.3 is 13.8 Å². The van der Waals surface area contributed by atoms with E-state index in [-0.39, 0.29) is 16.1 Å². The van der Waals surface area contributed by atoms with E-state index < -0.39 is 31.1 Å². The van der Waals surface area contributed by atoms with Gasteiger partial charge in [-0.15, -0.1) is 0 Å². The van der Waals surface area contributed by atoms with Crippen LogP contribution in [-0.4, -0.2) is 10.7 Å². The molecule has 0 aliphatic carbocycles. The van der Waals surface area contributed by atoms with E-state index in [9.17, 15) is 13.8 Å². The Balaban J connectivity index is 1.74. The van der Waals surface area contributed by atoms with E-state index in [1.807, 2.05) is 0 Å². The number of para-hydroxylation sites is 2. The van der Waals surface area contributed by atoms with Crippen LogP contribution in [0.25, 0.3) is 0 Å². The molecule has 1 aromatic heterocycles. The summed E-state index contributed by atoms with van der Waals surface area (Å²) >= 11 is 5.23. The third kappa shape index (κ3) is 6.75. The molecule has 3 aromatic carbocycles. The second-order valence-electron chi connectivity index (χ2n) is 8.76. The highest BCUT2D eigenvalue weighted by Gasteiger charge is 2.47. The highest BCUT2D eigenvalue weighted by molar-refractivity contribution is 7.71. The van der Waals surface area contributed by atoms with Gasteiger partial charge in [0.15, 0.2) is 0 Å². The number of rotatable bonds is 10. The van der Waals surface area contributed by atoms with Gasteiger partial charge in [-0.25, -0.2) is 13.8 Å². The lowest BCUT2D eigenvalue weighted by Crippen LogP contribution is -2.39. The standard InChI is InChI=1S/C28H25FNO6PS/c1-28(2,27(31)33-30-20-10-9-15-25(30)38)26(21-16-18-22(29)19-17-21)36-37(32,34-23-11-5-3-6-12-23)35-24-13-7-4-8-14-24/h3-20,26H,1-2H3. The van der Waals surface area contributed by atoms with Gasteiger partial charge in [0.1, 0.15) is 28.1 Å². The van der Waals surface area contributed by atoms with E-state index in [1.165, 1.54) is 30.5 Å². The molecule has 1 atom stereocenters. The first kappa shape index (κ1) is 27.3. The zero-order valence-electron chi connectivity index (χ0n) is 20.6. The molecule has 0 spiro atoms. The summed E-state index contributed by atoms with van der Waals surface area (Å²) in [7, 11) is -4.45. The molecule has 0 amide bonds. The van der Waals surface area contributed by atoms with Gasteiger partial charge in [0, 0.05) is 6.20 Å². The fourth-order valence-corrected chi connectivity index (χ4v) is 5.16. The molecule has 7 nitrogen and oxygen atoms in total. The molecule has 4 rings (SSSR count). The molecule has 1 unspecified atom stereocenters. The number of nitrogens with zero attached hydrogens (tertiary/aromatic N) is 1. The van der Waals surface area contributed by atoms with Crippen LogP contribution in [0.15, 0.2) is 109 Å². The summed E-state index contributed by atoms with van der Waals surface area (Å²) in [6, 6.07) is 26.9. The normalized spacial score (nSPS) is 12.4. The van der Waals surface area contributed by atoms with Crippen LogP contribution in [0.2, 0.25) is 0 Å². The van der Waals surface area contributed by atoms with Gasteiger partial charge in [0.2, 0.25) is 0 Å². The molecule has 10 heteroatoms. The highest BCUT2D eigenvalue weighted by Crippen LogP contribution is 2.56. The summed E-state index contributed by atoms with van der Waals surface area (Å²) in [5.74, 6) is -0.797. The monoisotopic (exact) mass is 553 g/mol. The van der Waals surface area contributed by atoms with Gasteiger partial charge in [-0.2, -0.15) is 4.73 Å². The number of benzene rings is 3. The minimum atomic E-state index is -4.45. The number of hydrogen-bond donors (Lipinski definition) is 0. The van der Waals surface area contributed by atoms with Crippen LogP contribution in [-0.2, 0) is 13.9 Å². The lowest BCUT2D eigenvalue weighted by molar-refractivity contribution is -0.161. The van der Waals surface area contributed by atoms with E-state index in [2.05, 4.69) is 0 Å². The number of phosphoric ester groups is 1. The number of aromatic nitrogens is 1. The van der Waals surface area contributed by atoms with Crippen LogP contribution >= 0.6 is 20.0 Å². The van der Waals surface area contributed by atoms with Crippen molar-refractivity contribution >= 4 is 26.0 Å². The van der Waals surface area contributed by atoms with Crippen LogP contribution in [0.3, 0.4) is 0 Å². The number of carbonyl (C=O) groups excluding carboxylic acids is 1. The Hall–Kier alpha value is -3.78. The maximum absolute atomic E-state index is 14.2. The first-order valence-corrected chi connectivity index (χ1v) is 13.5. The molecule has 4 aromatic rings. The molecule has 0 fully saturated rings. The van der Waals surface area contributed by atoms with Gasteiger partial charge < -0.3 is 13.9 Å². The van der Waals surface area contributed by atoms with E-state index in [0.717, 1.165) is 4.73 Å². The van der Waals surface area contributed by atoms with Gasteiger partial charge in [-0.05, 0) is 67.9 Å². The van der Waals surface area contributed by atoms with Gasteiger partial charge in [0.25, 0.3) is 0 Å². The third-order valence-electron chi connectivity index (χ3n) is 5.48. The molecule has 0 saturated carbocycles. The van der Waals surface area contributed by atoms with Crippen molar-refractivity contribution in [2.45, 2.75) is 20.0 Å². The summed E-state index contributed by atoms with van der Waals surface area (Å²) < 4.78 is 47.0. The molecule has 38 heavy (non-hydrogen) atoms. The second-order valence-corrected chi connectivity index (χ2v) is 10.6. The first-order valence-electron chi connectivity index (χ1n) is 11.6. The molecular formula is C28H25FNO6PS. The van der Waals surface area contributed by atoms with Gasteiger partial charge in [-0.1, -0.05) is 66.8 Å². The van der Waals surface area contributed by atoms with Crippen LogP contribution in [0.1, 0.15) is 25.5 Å². The molecule has 0 saturated heterocycles. The minimum Gasteiger partial charge on any atom is -0.395 e. The number of halogens is 1. The maximum atomic E-state index is 14.2. The zero-order valence-corrected chi connectivity index (χ0v) is 22.3. The fourth-order valence-electron chi connectivity index (χ4n) is 3.46. The second kappa shape index (κ2) is 11.7. The Bertz CT molecular complexity index is 1430. The van der Waals surface area contributed by atoms with Gasteiger partial charge in [0.05, 0.1) is 5.41 Å². The number of carbonyl (C=O) groups is 1. The Morgan fingerprint density at radius 1 is 0.842 bits per heavy atom. The molecule has 1 heterocycles. The summed E-state index contributed by atoms with van der Waals surface area (Å²) in [5, 5.41) is 0. The molecule has 0 bridgehead atoms. The van der Waals surface area contributed by atoms with Crippen LogP contribution < -0.4 is 13.9 Å². The highest BCUT2D eigenvalue weighted by atomic mass is 32.1. The molecule has 0 radical (unpaired) electrons. The molecule has 0 N–H and O–H groups in total. The van der Waals surface area contributed by atoms with Crippen LogP contribution in [0, 0.1) is 15.9 Å². The largest absolute Gasteiger partial charge is 0.588 e. The predicted octanol–water partition coefficient (Wildman–Crippen LogP) is 7.36. The fraction of sp³-hybridized carbons (Fsp3) is 0.143. The van der Waals surface area contributed by atoms with Crippen molar-refractivity contribution in [2.24, 2.45) is 5.41 Å². The SMILES string of the molecule is CC(C)(C(=O)On1ccccc1=S)C(OP(=O)(Oc1ccccc1)Oc1ccccc1)c1ccc(F)cc1. The summed E-state index contributed by atoms with van der Waals surface area (Å²) in [6.45, 7) is 3.09. The Labute approximate surface area is 225 Å². The smallest absolute Gasteiger partial charge is 0.395 e. The van der Waals surface area contributed by atoms with Crippen molar-refractivity contribution in [3.8, 4) is 11.5 Å². The van der Waals surface area contributed by atoms with Crippen molar-refractivity contribution in [3.05, 3.63) is 125 Å². The van der Waals surface area contributed by atoms with Crippen molar-refractivity contribution < 1.29 is 32.2 Å². The minimum absolute atomic E-state index is 0.223. The molecule has 196 valence electrons. The summed E-state index contributed by atoms with van der Waals surface area (Å²) in [6.07, 6.45) is 0.234. The Morgan fingerprint density at radius 3 is 1.89 bits per heavy atom. The van der Waals surface area contributed by atoms with Gasteiger partial charge in [-0.3, -0.25) is 4.52 Å². The maximum Gasteiger partial charge on any atom is 0.588 e. The topological polar surface area (TPSA) is 76.0 Å². The zero-order chi connectivity index (χ0) is 27.2. The molecule has 0 aliphatic heterocycles. The summed E-state index contributed by atoms with van der Waals surface area (Å²) in [4.78, 5) is 19.0. The van der Waals surface area contributed by atoms with E-state index >= 15 is 0 Å². The van der Waals surface area contributed by atoms with Crippen molar-refractivity contribution in [1.82, 2.24) is 4.73 Å². The number of phosphoric acid groups is 1. The number of pyridine rings is 1. The predicted molar refractivity (Wildman–Crippen MR) is 143 cm³/mol. The van der Waals surface area contributed by atoms with Crippen molar-refractivity contribution in [1.29, 1.82) is 0 Å². The van der Waals surface area contributed by atoms with E-state index in [0.29, 0.717) is 5.56 Å².